The molecular formula is C17H17ClN2O. The summed E-state index contributed by atoms with van der Waals surface area (Å²) in [5.41, 5.74) is 4.82. The molecule has 108 valence electrons. The van der Waals surface area contributed by atoms with Crippen molar-refractivity contribution in [1.29, 1.82) is 0 Å². The maximum absolute atomic E-state index is 12.1. The van der Waals surface area contributed by atoms with E-state index >= 15 is 0 Å². The van der Waals surface area contributed by atoms with Crippen LogP contribution in [0.25, 0.3) is 0 Å². The van der Waals surface area contributed by atoms with E-state index in [1.165, 1.54) is 0 Å². The Morgan fingerprint density at radius 3 is 2.29 bits per heavy atom. The van der Waals surface area contributed by atoms with Gasteiger partial charge in [0.1, 0.15) is 0 Å². The third-order valence-corrected chi connectivity index (χ3v) is 3.34. The number of hydrogen-bond acceptors (Lipinski definition) is 2. The van der Waals surface area contributed by atoms with Gasteiger partial charge in [-0.1, -0.05) is 67.9 Å². The maximum atomic E-state index is 12.1. The van der Waals surface area contributed by atoms with Crippen LogP contribution in [0.4, 0.5) is 0 Å². The summed E-state index contributed by atoms with van der Waals surface area (Å²) in [5.74, 6) is -0.117. The van der Waals surface area contributed by atoms with E-state index in [0.717, 1.165) is 11.3 Å². The van der Waals surface area contributed by atoms with Gasteiger partial charge in [-0.2, -0.15) is 5.10 Å². The number of amides is 1. The van der Waals surface area contributed by atoms with Crippen LogP contribution in [0.3, 0.4) is 0 Å². The lowest BCUT2D eigenvalue weighted by molar-refractivity contribution is 0.0955. The average Bonchev–Trinajstić information content (AvgIpc) is 2.48. The molecule has 2 rings (SSSR count). The number of hydrazone groups is 1. The molecule has 0 saturated heterocycles. The van der Waals surface area contributed by atoms with Crippen molar-refractivity contribution < 1.29 is 4.79 Å². The summed E-state index contributed by atoms with van der Waals surface area (Å²) in [6.45, 7) is 4.07. The van der Waals surface area contributed by atoms with Crippen LogP contribution in [0.15, 0.2) is 59.7 Å². The zero-order valence-electron chi connectivity index (χ0n) is 12.0. The summed E-state index contributed by atoms with van der Waals surface area (Å²) in [7, 11) is 0. The number of carbonyl (C=O) groups excluding carboxylic acids is 1. The molecular weight excluding hydrogens is 284 g/mol. The first-order valence-corrected chi connectivity index (χ1v) is 7.15. The van der Waals surface area contributed by atoms with Crippen molar-refractivity contribution in [2.24, 2.45) is 11.0 Å². The summed E-state index contributed by atoms with van der Waals surface area (Å²) in [5, 5.41) is 4.68. The van der Waals surface area contributed by atoms with Crippen molar-refractivity contribution in [1.82, 2.24) is 5.43 Å². The lowest BCUT2D eigenvalue weighted by atomic mass is 10.0. The Morgan fingerprint density at radius 1 is 1.05 bits per heavy atom. The number of nitrogens with zero attached hydrogens (tertiary/aromatic N) is 1. The highest BCUT2D eigenvalue weighted by molar-refractivity contribution is 6.33. The first-order chi connectivity index (χ1) is 10.1. The van der Waals surface area contributed by atoms with E-state index in [0.29, 0.717) is 10.6 Å². The molecule has 0 aromatic heterocycles. The quantitative estimate of drug-likeness (QED) is 0.669. The molecule has 0 heterocycles. The Kier molecular flexibility index (Phi) is 5.12. The van der Waals surface area contributed by atoms with Crippen LogP contribution in [0, 0.1) is 5.92 Å². The Morgan fingerprint density at radius 2 is 1.67 bits per heavy atom. The van der Waals surface area contributed by atoms with Gasteiger partial charge < -0.3 is 0 Å². The minimum absolute atomic E-state index is 0.193. The number of halogens is 1. The Bertz CT molecular complexity index is 651. The molecule has 0 unspecified atom stereocenters. The van der Waals surface area contributed by atoms with E-state index in [1.54, 1.807) is 24.3 Å². The second kappa shape index (κ2) is 7.04. The summed E-state index contributed by atoms with van der Waals surface area (Å²) in [6.07, 6.45) is 0. The fraction of sp³-hybridized carbons (Fsp3) is 0.176. The molecule has 2 aromatic rings. The highest BCUT2D eigenvalue weighted by Gasteiger charge is 2.11. The largest absolute Gasteiger partial charge is 0.272 e. The van der Waals surface area contributed by atoms with Crippen molar-refractivity contribution in [3.63, 3.8) is 0 Å². The highest BCUT2D eigenvalue weighted by Crippen LogP contribution is 2.15. The minimum atomic E-state index is -0.310. The van der Waals surface area contributed by atoms with Crippen molar-refractivity contribution in [2.75, 3.05) is 0 Å². The lowest BCUT2D eigenvalue weighted by Gasteiger charge is -2.11. The highest BCUT2D eigenvalue weighted by atomic mass is 35.5. The standard InChI is InChI=1S/C17H17ClN2O/c1-12(2)16(13-8-4-3-5-9-13)19-20-17(21)14-10-6-7-11-15(14)18/h3-12H,1-2H3,(H,20,21)/b19-16+. The van der Waals surface area contributed by atoms with E-state index in [-0.39, 0.29) is 11.8 Å². The van der Waals surface area contributed by atoms with Crippen molar-refractivity contribution in [2.45, 2.75) is 13.8 Å². The number of rotatable bonds is 4. The molecule has 2 aromatic carbocycles. The molecule has 1 N–H and O–H groups in total. The summed E-state index contributed by atoms with van der Waals surface area (Å²) < 4.78 is 0. The first-order valence-electron chi connectivity index (χ1n) is 6.77. The van der Waals surface area contributed by atoms with Gasteiger partial charge in [0.25, 0.3) is 5.91 Å². The molecule has 3 nitrogen and oxygen atoms in total. The Balaban J connectivity index is 2.22. The third-order valence-electron chi connectivity index (χ3n) is 3.01. The van der Waals surface area contributed by atoms with E-state index in [2.05, 4.69) is 10.5 Å². The van der Waals surface area contributed by atoms with E-state index in [1.807, 2.05) is 44.2 Å². The second-order valence-corrected chi connectivity index (χ2v) is 5.35. The van der Waals surface area contributed by atoms with Crippen LogP contribution in [0.2, 0.25) is 5.02 Å². The number of hydrogen-bond donors (Lipinski definition) is 1. The zero-order chi connectivity index (χ0) is 15.2. The van der Waals surface area contributed by atoms with E-state index in [4.69, 9.17) is 11.6 Å². The molecule has 0 atom stereocenters. The Hall–Kier alpha value is -2.13. The van der Waals surface area contributed by atoms with E-state index in [9.17, 15) is 4.79 Å². The van der Waals surface area contributed by atoms with Gasteiger partial charge >= 0.3 is 0 Å². The molecule has 0 saturated carbocycles. The molecule has 0 radical (unpaired) electrons. The lowest BCUT2D eigenvalue weighted by Crippen LogP contribution is -2.22. The van der Waals surface area contributed by atoms with Crippen molar-refractivity contribution in [3.8, 4) is 0 Å². The normalized spacial score (nSPS) is 11.5. The summed E-state index contributed by atoms with van der Waals surface area (Å²) >= 11 is 6.00. The minimum Gasteiger partial charge on any atom is -0.267 e. The van der Waals surface area contributed by atoms with Gasteiger partial charge in [0, 0.05) is 0 Å². The van der Waals surface area contributed by atoms with Crippen LogP contribution >= 0.6 is 11.6 Å². The summed E-state index contributed by atoms with van der Waals surface area (Å²) in [4.78, 5) is 12.1. The zero-order valence-corrected chi connectivity index (χ0v) is 12.8. The number of benzene rings is 2. The van der Waals surface area contributed by atoms with Gasteiger partial charge in [-0.15, -0.1) is 0 Å². The molecule has 0 aliphatic heterocycles. The van der Waals surface area contributed by atoms with Crippen LogP contribution in [-0.4, -0.2) is 11.6 Å². The molecule has 0 aliphatic carbocycles. The van der Waals surface area contributed by atoms with Crippen LogP contribution < -0.4 is 5.43 Å². The average molecular weight is 301 g/mol. The van der Waals surface area contributed by atoms with Crippen LogP contribution in [0.5, 0.6) is 0 Å². The SMILES string of the molecule is CC(C)/C(=N\NC(=O)c1ccccc1Cl)c1ccccc1. The molecule has 0 bridgehead atoms. The summed E-state index contributed by atoms with van der Waals surface area (Å²) in [6, 6.07) is 16.7. The Labute approximate surface area is 129 Å². The van der Waals surface area contributed by atoms with Gasteiger partial charge in [-0.05, 0) is 23.6 Å². The van der Waals surface area contributed by atoms with Gasteiger partial charge in [0.2, 0.25) is 0 Å². The predicted octanol–water partition coefficient (Wildman–Crippen LogP) is 4.13. The van der Waals surface area contributed by atoms with Gasteiger partial charge in [0.05, 0.1) is 16.3 Å². The topological polar surface area (TPSA) is 41.5 Å². The predicted molar refractivity (Wildman–Crippen MR) is 86.7 cm³/mol. The molecule has 1 amide bonds. The molecule has 0 fully saturated rings. The fourth-order valence-electron chi connectivity index (χ4n) is 1.95. The van der Waals surface area contributed by atoms with Crippen molar-refractivity contribution in [3.05, 3.63) is 70.7 Å². The van der Waals surface area contributed by atoms with Crippen LogP contribution in [-0.2, 0) is 0 Å². The number of carbonyl (C=O) groups is 1. The smallest absolute Gasteiger partial charge is 0.267 e. The maximum Gasteiger partial charge on any atom is 0.272 e. The second-order valence-electron chi connectivity index (χ2n) is 4.94. The molecule has 0 aliphatic rings. The van der Waals surface area contributed by atoms with E-state index < -0.39 is 0 Å². The number of nitrogens with one attached hydrogen (secondary N) is 1. The monoisotopic (exact) mass is 300 g/mol. The van der Waals surface area contributed by atoms with Gasteiger partial charge in [-0.25, -0.2) is 5.43 Å². The molecule has 0 spiro atoms. The van der Waals surface area contributed by atoms with Crippen molar-refractivity contribution >= 4 is 23.2 Å². The fourth-order valence-corrected chi connectivity index (χ4v) is 2.17. The molecule has 21 heavy (non-hydrogen) atoms. The van der Waals surface area contributed by atoms with Gasteiger partial charge in [0.15, 0.2) is 0 Å². The molecule has 4 heteroatoms. The van der Waals surface area contributed by atoms with Crippen LogP contribution in [0.1, 0.15) is 29.8 Å². The van der Waals surface area contributed by atoms with Gasteiger partial charge in [-0.3, -0.25) is 4.79 Å². The third kappa shape index (κ3) is 3.92. The first kappa shape index (κ1) is 15.3.